The summed E-state index contributed by atoms with van der Waals surface area (Å²) in [5.74, 6) is 0. The smallest absolute Gasteiger partial charge is 0.404 e. The lowest BCUT2D eigenvalue weighted by atomic mass is 10.1. The molecule has 0 saturated heterocycles. The van der Waals surface area contributed by atoms with E-state index in [-0.39, 0.29) is 12.7 Å². The first-order valence-corrected chi connectivity index (χ1v) is 3.88. The highest BCUT2D eigenvalue weighted by atomic mass is 16.6. The van der Waals surface area contributed by atoms with Crippen LogP contribution < -0.4 is 5.73 Å². The summed E-state index contributed by atoms with van der Waals surface area (Å²) in [6.07, 6.45) is 2.43. The van der Waals surface area contributed by atoms with E-state index in [0.29, 0.717) is 19.3 Å². The van der Waals surface area contributed by atoms with Crippen molar-refractivity contribution in [3.63, 3.8) is 0 Å². The maximum atomic E-state index is 10.4. The van der Waals surface area contributed by atoms with Gasteiger partial charge in [0.1, 0.15) is 6.10 Å². The van der Waals surface area contributed by atoms with E-state index < -0.39 is 6.09 Å². The van der Waals surface area contributed by atoms with E-state index in [2.05, 4.69) is 6.58 Å². The summed E-state index contributed by atoms with van der Waals surface area (Å²) >= 11 is 0. The third-order valence-corrected chi connectivity index (χ3v) is 1.40. The van der Waals surface area contributed by atoms with E-state index in [9.17, 15) is 4.79 Å². The second kappa shape index (κ2) is 6.67. The summed E-state index contributed by atoms with van der Waals surface area (Å²) < 4.78 is 4.75. The number of hydrogen-bond donors (Lipinski definition) is 2. The van der Waals surface area contributed by atoms with Gasteiger partial charge >= 0.3 is 6.09 Å². The first-order valence-electron chi connectivity index (χ1n) is 3.88. The van der Waals surface area contributed by atoms with Gasteiger partial charge in [-0.1, -0.05) is 6.08 Å². The van der Waals surface area contributed by atoms with Gasteiger partial charge in [0.05, 0.1) is 0 Å². The average molecular weight is 173 g/mol. The standard InChI is InChI=1S/C8H15NO3/c1-2-4-7(5-3-6-10)12-8(9)11/h2,7,10H,1,3-6H2,(H2,9,11). The molecule has 0 saturated carbocycles. The topological polar surface area (TPSA) is 72.6 Å². The molecule has 0 radical (unpaired) electrons. The quantitative estimate of drug-likeness (QED) is 0.583. The van der Waals surface area contributed by atoms with Crippen molar-refractivity contribution in [1.82, 2.24) is 0 Å². The van der Waals surface area contributed by atoms with Gasteiger partial charge in [-0.3, -0.25) is 0 Å². The Balaban J connectivity index is 3.68. The van der Waals surface area contributed by atoms with Crippen LogP contribution in [0, 0.1) is 0 Å². The normalized spacial score (nSPS) is 12.1. The van der Waals surface area contributed by atoms with Crippen molar-refractivity contribution in [3.8, 4) is 0 Å². The first kappa shape index (κ1) is 11.0. The first-order chi connectivity index (χ1) is 5.70. The number of aliphatic hydroxyl groups excluding tert-OH is 1. The summed E-state index contributed by atoms with van der Waals surface area (Å²) in [6.45, 7) is 3.61. The molecule has 0 fully saturated rings. The Morgan fingerprint density at radius 2 is 2.42 bits per heavy atom. The van der Waals surface area contributed by atoms with Gasteiger partial charge in [0.2, 0.25) is 0 Å². The Bertz CT molecular complexity index is 147. The Hall–Kier alpha value is -1.03. The van der Waals surface area contributed by atoms with E-state index in [1.807, 2.05) is 0 Å². The number of primary amides is 1. The summed E-state index contributed by atoms with van der Waals surface area (Å²) in [5.41, 5.74) is 4.84. The third-order valence-electron chi connectivity index (χ3n) is 1.40. The highest BCUT2D eigenvalue weighted by Crippen LogP contribution is 2.06. The highest BCUT2D eigenvalue weighted by molar-refractivity contribution is 5.64. The highest BCUT2D eigenvalue weighted by Gasteiger charge is 2.09. The van der Waals surface area contributed by atoms with Crippen molar-refractivity contribution in [2.24, 2.45) is 5.73 Å². The second-order valence-corrected chi connectivity index (χ2v) is 2.45. The van der Waals surface area contributed by atoms with Crippen LogP contribution in [0.5, 0.6) is 0 Å². The molecule has 4 nitrogen and oxygen atoms in total. The summed E-state index contributed by atoms with van der Waals surface area (Å²) in [4.78, 5) is 10.4. The molecule has 0 heterocycles. The molecular weight excluding hydrogens is 158 g/mol. The predicted molar refractivity (Wildman–Crippen MR) is 45.6 cm³/mol. The van der Waals surface area contributed by atoms with Crippen molar-refractivity contribution in [1.29, 1.82) is 0 Å². The van der Waals surface area contributed by atoms with Crippen LogP contribution >= 0.6 is 0 Å². The van der Waals surface area contributed by atoms with Crippen LogP contribution in [0.25, 0.3) is 0 Å². The molecule has 3 N–H and O–H groups in total. The average Bonchev–Trinajstić information content (AvgIpc) is 2.00. The van der Waals surface area contributed by atoms with Gasteiger partial charge in [-0.05, 0) is 12.8 Å². The molecule has 0 aliphatic heterocycles. The Kier molecular flexibility index (Phi) is 6.09. The summed E-state index contributed by atoms with van der Waals surface area (Å²) in [6, 6.07) is 0. The van der Waals surface area contributed by atoms with Crippen molar-refractivity contribution in [2.45, 2.75) is 25.4 Å². The maximum absolute atomic E-state index is 10.4. The zero-order valence-corrected chi connectivity index (χ0v) is 7.03. The van der Waals surface area contributed by atoms with E-state index in [1.165, 1.54) is 0 Å². The minimum atomic E-state index is -0.778. The second-order valence-electron chi connectivity index (χ2n) is 2.45. The molecule has 0 aliphatic rings. The fourth-order valence-electron chi connectivity index (χ4n) is 0.894. The lowest BCUT2D eigenvalue weighted by molar-refractivity contribution is 0.0971. The fourth-order valence-corrected chi connectivity index (χ4v) is 0.894. The SMILES string of the molecule is C=CCC(CCCO)OC(N)=O. The number of nitrogens with two attached hydrogens (primary N) is 1. The minimum Gasteiger partial charge on any atom is -0.446 e. The molecule has 0 bridgehead atoms. The Labute approximate surface area is 72.0 Å². The van der Waals surface area contributed by atoms with Crippen molar-refractivity contribution < 1.29 is 14.6 Å². The zero-order chi connectivity index (χ0) is 9.40. The third kappa shape index (κ3) is 5.73. The molecule has 12 heavy (non-hydrogen) atoms. The molecule has 0 aromatic heterocycles. The van der Waals surface area contributed by atoms with Gasteiger partial charge in [-0.25, -0.2) is 4.79 Å². The van der Waals surface area contributed by atoms with Gasteiger partial charge in [0.25, 0.3) is 0 Å². The molecule has 0 aliphatic carbocycles. The molecule has 1 unspecified atom stereocenters. The van der Waals surface area contributed by atoms with Gasteiger partial charge in [0.15, 0.2) is 0 Å². The van der Waals surface area contributed by atoms with E-state index in [0.717, 1.165) is 0 Å². The van der Waals surface area contributed by atoms with Gasteiger partial charge in [-0.2, -0.15) is 0 Å². The fraction of sp³-hybridized carbons (Fsp3) is 0.625. The molecule has 1 atom stereocenters. The zero-order valence-electron chi connectivity index (χ0n) is 7.03. The number of ether oxygens (including phenoxy) is 1. The van der Waals surface area contributed by atoms with Gasteiger partial charge < -0.3 is 15.6 Å². The molecule has 0 spiro atoms. The number of aliphatic hydroxyl groups is 1. The van der Waals surface area contributed by atoms with Crippen LogP contribution in [0.2, 0.25) is 0 Å². The molecule has 70 valence electrons. The molecule has 0 aromatic carbocycles. The van der Waals surface area contributed by atoms with Crippen LogP contribution in [0.15, 0.2) is 12.7 Å². The summed E-state index contributed by atoms with van der Waals surface area (Å²) in [5, 5.41) is 8.52. The van der Waals surface area contributed by atoms with Gasteiger partial charge in [-0.15, -0.1) is 6.58 Å². The van der Waals surface area contributed by atoms with Gasteiger partial charge in [0, 0.05) is 13.0 Å². The summed E-state index contributed by atoms with van der Waals surface area (Å²) in [7, 11) is 0. The Morgan fingerprint density at radius 3 is 2.83 bits per heavy atom. The lowest BCUT2D eigenvalue weighted by Crippen LogP contribution is -2.22. The Morgan fingerprint density at radius 1 is 1.75 bits per heavy atom. The number of hydrogen-bond acceptors (Lipinski definition) is 3. The number of rotatable bonds is 6. The van der Waals surface area contributed by atoms with Crippen LogP contribution in [-0.4, -0.2) is 23.9 Å². The molecule has 1 amide bonds. The molecule has 0 rings (SSSR count). The van der Waals surface area contributed by atoms with Crippen LogP contribution in [-0.2, 0) is 4.74 Å². The predicted octanol–water partition coefficient (Wildman–Crippen LogP) is 0.799. The number of carbonyl (C=O) groups excluding carboxylic acids is 1. The maximum Gasteiger partial charge on any atom is 0.404 e. The monoisotopic (exact) mass is 173 g/mol. The van der Waals surface area contributed by atoms with Crippen LogP contribution in [0.4, 0.5) is 4.79 Å². The van der Waals surface area contributed by atoms with Crippen molar-refractivity contribution >= 4 is 6.09 Å². The minimum absolute atomic E-state index is 0.0930. The van der Waals surface area contributed by atoms with Crippen LogP contribution in [0.1, 0.15) is 19.3 Å². The molecule has 4 heteroatoms. The molecular formula is C8H15NO3. The van der Waals surface area contributed by atoms with E-state index in [1.54, 1.807) is 6.08 Å². The van der Waals surface area contributed by atoms with Crippen LogP contribution in [0.3, 0.4) is 0 Å². The van der Waals surface area contributed by atoms with E-state index >= 15 is 0 Å². The number of carbonyl (C=O) groups is 1. The number of amides is 1. The lowest BCUT2D eigenvalue weighted by Gasteiger charge is -2.13. The molecule has 0 aromatic rings. The van der Waals surface area contributed by atoms with Crippen molar-refractivity contribution in [2.75, 3.05) is 6.61 Å². The largest absolute Gasteiger partial charge is 0.446 e. The van der Waals surface area contributed by atoms with Crippen molar-refractivity contribution in [3.05, 3.63) is 12.7 Å². The van der Waals surface area contributed by atoms with E-state index in [4.69, 9.17) is 15.6 Å².